The van der Waals surface area contributed by atoms with Gasteiger partial charge in [0, 0.05) is 6.07 Å². The normalized spacial score (nSPS) is 28.9. The van der Waals surface area contributed by atoms with Crippen molar-refractivity contribution in [1.29, 1.82) is 0 Å². The van der Waals surface area contributed by atoms with Gasteiger partial charge in [-0.15, -0.1) is 0 Å². The van der Waals surface area contributed by atoms with Gasteiger partial charge in [-0.25, -0.2) is 4.79 Å². The Hall–Kier alpha value is -1.29. The van der Waals surface area contributed by atoms with Gasteiger partial charge < -0.3 is 13.9 Å². The van der Waals surface area contributed by atoms with Crippen LogP contribution in [0, 0.1) is 6.92 Å². The maximum absolute atomic E-state index is 11.5. The lowest BCUT2D eigenvalue weighted by molar-refractivity contribution is 0.265. The Morgan fingerprint density at radius 1 is 1.53 bits per heavy atom. The Balaban J connectivity index is 2.52. The average molecular weight is 210 g/mol. The van der Waals surface area contributed by atoms with Crippen LogP contribution in [0.3, 0.4) is 0 Å². The van der Waals surface area contributed by atoms with E-state index >= 15 is 0 Å². The predicted molar refractivity (Wildman–Crippen MR) is 54.2 cm³/mol. The van der Waals surface area contributed by atoms with Crippen molar-refractivity contribution in [3.8, 4) is 5.75 Å². The molecule has 0 spiro atoms. The Morgan fingerprint density at radius 3 is 2.60 bits per heavy atom. The monoisotopic (exact) mass is 210 g/mol. The van der Waals surface area contributed by atoms with Gasteiger partial charge in [-0.1, -0.05) is 0 Å². The van der Waals surface area contributed by atoms with E-state index in [0.29, 0.717) is 17.1 Å². The number of methoxy groups -OCH3 is 1. The highest BCUT2D eigenvalue weighted by Crippen LogP contribution is 2.45. The van der Waals surface area contributed by atoms with E-state index in [1.165, 1.54) is 7.11 Å². The summed E-state index contributed by atoms with van der Waals surface area (Å²) in [5.41, 5.74) is -0.355. The molecule has 1 saturated heterocycles. The Labute approximate surface area is 87.8 Å². The summed E-state index contributed by atoms with van der Waals surface area (Å²) in [7, 11) is 1.53. The molecule has 1 aromatic rings. The molecule has 1 aliphatic rings. The Bertz CT molecular complexity index is 448. The van der Waals surface area contributed by atoms with E-state index in [-0.39, 0.29) is 11.7 Å². The number of ether oxygens (including phenoxy) is 2. The molecule has 0 amide bonds. The second kappa shape index (κ2) is 3.10. The minimum Gasteiger partial charge on any atom is -0.496 e. The van der Waals surface area contributed by atoms with Crippen LogP contribution >= 0.6 is 0 Å². The van der Waals surface area contributed by atoms with Gasteiger partial charge in [0.05, 0.1) is 18.8 Å². The van der Waals surface area contributed by atoms with Crippen molar-refractivity contribution >= 4 is 0 Å². The Morgan fingerprint density at radius 2 is 2.13 bits per heavy atom. The summed E-state index contributed by atoms with van der Waals surface area (Å²) < 4.78 is 15.7. The zero-order chi connectivity index (χ0) is 11.2. The lowest BCUT2D eigenvalue weighted by Crippen LogP contribution is -2.13. The molecule has 4 heteroatoms. The van der Waals surface area contributed by atoms with Crippen LogP contribution in [-0.4, -0.2) is 13.2 Å². The van der Waals surface area contributed by atoms with Crippen LogP contribution in [0.15, 0.2) is 15.3 Å². The van der Waals surface area contributed by atoms with Crippen molar-refractivity contribution in [2.45, 2.75) is 32.5 Å². The zero-order valence-corrected chi connectivity index (χ0v) is 9.29. The van der Waals surface area contributed by atoms with Crippen LogP contribution in [0.1, 0.15) is 25.2 Å². The number of epoxide rings is 1. The molecule has 4 nitrogen and oxygen atoms in total. The minimum absolute atomic E-state index is 0.0769. The van der Waals surface area contributed by atoms with Crippen LogP contribution < -0.4 is 10.4 Å². The fourth-order valence-corrected chi connectivity index (χ4v) is 1.58. The third kappa shape index (κ3) is 1.45. The van der Waals surface area contributed by atoms with Crippen LogP contribution in [0.4, 0.5) is 0 Å². The van der Waals surface area contributed by atoms with E-state index in [4.69, 9.17) is 13.9 Å². The van der Waals surface area contributed by atoms with E-state index in [1.807, 2.05) is 13.8 Å². The van der Waals surface area contributed by atoms with Crippen molar-refractivity contribution in [2.75, 3.05) is 7.11 Å². The topological polar surface area (TPSA) is 52.0 Å². The molecule has 2 unspecified atom stereocenters. The van der Waals surface area contributed by atoms with E-state index in [9.17, 15) is 4.79 Å². The first-order chi connectivity index (χ1) is 6.99. The first-order valence-corrected chi connectivity index (χ1v) is 4.86. The Kier molecular flexibility index (Phi) is 2.12. The van der Waals surface area contributed by atoms with E-state index in [0.717, 1.165) is 0 Å². The standard InChI is InChI=1S/C11H14O4/c1-6-8(13-4)5-9(14-10(6)12)11(3)7(2)15-11/h5,7H,1-4H3. The first kappa shape index (κ1) is 10.2. The van der Waals surface area contributed by atoms with Gasteiger partial charge in [-0.05, 0) is 20.8 Å². The van der Waals surface area contributed by atoms with Crippen molar-refractivity contribution in [2.24, 2.45) is 0 Å². The fraction of sp³-hybridized carbons (Fsp3) is 0.545. The summed E-state index contributed by atoms with van der Waals surface area (Å²) in [5.74, 6) is 1.08. The third-order valence-corrected chi connectivity index (χ3v) is 2.99. The van der Waals surface area contributed by atoms with Gasteiger partial charge in [0.25, 0.3) is 0 Å². The molecule has 1 fully saturated rings. The molecular weight excluding hydrogens is 196 g/mol. The minimum atomic E-state index is -0.472. The number of hydrogen-bond donors (Lipinski definition) is 0. The van der Waals surface area contributed by atoms with Crippen molar-refractivity contribution < 1.29 is 13.9 Å². The zero-order valence-electron chi connectivity index (χ0n) is 9.29. The van der Waals surface area contributed by atoms with E-state index in [1.54, 1.807) is 13.0 Å². The second-order valence-electron chi connectivity index (χ2n) is 3.96. The number of hydrogen-bond acceptors (Lipinski definition) is 4. The highest BCUT2D eigenvalue weighted by atomic mass is 16.6. The van der Waals surface area contributed by atoms with Gasteiger partial charge >= 0.3 is 5.63 Å². The van der Waals surface area contributed by atoms with Crippen molar-refractivity contribution in [1.82, 2.24) is 0 Å². The largest absolute Gasteiger partial charge is 0.496 e. The molecule has 82 valence electrons. The summed E-state index contributed by atoms with van der Waals surface area (Å²) in [6, 6.07) is 1.72. The summed E-state index contributed by atoms with van der Waals surface area (Å²) in [6.45, 7) is 5.50. The quantitative estimate of drug-likeness (QED) is 0.695. The molecule has 0 aliphatic carbocycles. The smallest absolute Gasteiger partial charge is 0.342 e. The molecular formula is C11H14O4. The molecule has 2 atom stereocenters. The molecule has 1 aromatic heterocycles. The summed E-state index contributed by atoms with van der Waals surface area (Å²) in [6.07, 6.45) is 0.0769. The summed E-state index contributed by atoms with van der Waals surface area (Å²) in [4.78, 5) is 11.5. The summed E-state index contributed by atoms with van der Waals surface area (Å²) in [5, 5.41) is 0. The van der Waals surface area contributed by atoms with Gasteiger partial charge in [-0.2, -0.15) is 0 Å². The molecule has 0 radical (unpaired) electrons. The molecule has 2 rings (SSSR count). The van der Waals surface area contributed by atoms with Crippen LogP contribution in [0.25, 0.3) is 0 Å². The highest BCUT2D eigenvalue weighted by Gasteiger charge is 2.53. The van der Waals surface area contributed by atoms with E-state index < -0.39 is 5.60 Å². The second-order valence-corrected chi connectivity index (χ2v) is 3.96. The predicted octanol–water partition coefficient (Wildman–Crippen LogP) is 1.59. The van der Waals surface area contributed by atoms with Crippen LogP contribution in [0.2, 0.25) is 0 Å². The lowest BCUT2D eigenvalue weighted by Gasteiger charge is -2.08. The van der Waals surface area contributed by atoms with Gasteiger partial charge in [0.1, 0.15) is 17.1 Å². The van der Waals surface area contributed by atoms with Crippen LogP contribution in [-0.2, 0) is 10.3 Å². The maximum atomic E-state index is 11.5. The molecule has 15 heavy (non-hydrogen) atoms. The molecule has 2 heterocycles. The van der Waals surface area contributed by atoms with Crippen molar-refractivity contribution in [3.05, 3.63) is 27.8 Å². The fourth-order valence-electron chi connectivity index (χ4n) is 1.58. The van der Waals surface area contributed by atoms with E-state index in [2.05, 4.69) is 0 Å². The highest BCUT2D eigenvalue weighted by molar-refractivity contribution is 5.33. The maximum Gasteiger partial charge on any atom is 0.342 e. The SMILES string of the molecule is COc1cc(C2(C)OC2C)oc(=O)c1C. The van der Waals surface area contributed by atoms with Gasteiger partial charge in [0.2, 0.25) is 0 Å². The van der Waals surface area contributed by atoms with Gasteiger partial charge in [-0.3, -0.25) is 0 Å². The molecule has 1 aliphatic heterocycles. The van der Waals surface area contributed by atoms with Crippen molar-refractivity contribution in [3.63, 3.8) is 0 Å². The molecule has 0 saturated carbocycles. The molecule has 0 bridgehead atoms. The molecule has 0 aromatic carbocycles. The third-order valence-electron chi connectivity index (χ3n) is 2.99. The molecule has 0 N–H and O–H groups in total. The van der Waals surface area contributed by atoms with Gasteiger partial charge in [0.15, 0.2) is 0 Å². The first-order valence-electron chi connectivity index (χ1n) is 4.86. The average Bonchev–Trinajstić information content (AvgIpc) is 2.80. The number of rotatable bonds is 2. The lowest BCUT2D eigenvalue weighted by atomic mass is 10.0. The van der Waals surface area contributed by atoms with Crippen LogP contribution in [0.5, 0.6) is 5.75 Å². The summed E-state index contributed by atoms with van der Waals surface area (Å²) >= 11 is 0.